The Hall–Kier alpha value is -3.49. The summed E-state index contributed by atoms with van der Waals surface area (Å²) in [6.45, 7) is 4.52. The molecule has 2 aliphatic rings. The third-order valence-electron chi connectivity index (χ3n) is 7.14. The average molecular weight is 565 g/mol. The van der Waals surface area contributed by atoms with Gasteiger partial charge in [0.05, 0.1) is 29.4 Å². The van der Waals surface area contributed by atoms with Crippen LogP contribution in [0.4, 0.5) is 0 Å². The summed E-state index contributed by atoms with van der Waals surface area (Å²) in [4.78, 5) is 35.7. The van der Waals surface area contributed by atoms with Crippen molar-refractivity contribution in [1.82, 2.24) is 15.2 Å². The minimum Gasteiger partial charge on any atom is -0.491 e. The Morgan fingerprint density at radius 3 is 2.85 bits per heavy atom. The molecule has 0 bridgehead atoms. The molecule has 3 aromatic rings. The number of esters is 1. The van der Waals surface area contributed by atoms with Gasteiger partial charge in [-0.1, -0.05) is 11.6 Å². The standard InChI is InChI=1S/C29H29ClN4O4S/c1-16-11-21(28-27(32-16)23(15-39-28)29(36)37-4)20-12-18(30)5-8-26(20)38-10-9-34-17(2)33-24-7-6-19(31-3)13-22(24)25(34)14-35/h5,8,11-12,15,19,31H,6-7,9-10,13H2,1-4H3. The van der Waals surface area contributed by atoms with Crippen molar-refractivity contribution >= 4 is 50.9 Å². The van der Waals surface area contributed by atoms with Gasteiger partial charge in [0, 0.05) is 44.5 Å². The lowest BCUT2D eigenvalue weighted by Crippen LogP contribution is -2.39. The van der Waals surface area contributed by atoms with Gasteiger partial charge in [0.15, 0.2) is 5.94 Å². The Labute approximate surface area is 236 Å². The maximum absolute atomic E-state index is 12.3. The van der Waals surface area contributed by atoms with Crippen LogP contribution in [0, 0.1) is 6.92 Å². The van der Waals surface area contributed by atoms with Crippen molar-refractivity contribution in [3.05, 3.63) is 62.9 Å². The summed E-state index contributed by atoms with van der Waals surface area (Å²) < 4.78 is 12.1. The van der Waals surface area contributed by atoms with Crippen LogP contribution in [0.5, 0.6) is 5.75 Å². The molecular weight excluding hydrogens is 536 g/mol. The zero-order chi connectivity index (χ0) is 27.7. The highest BCUT2D eigenvalue weighted by Gasteiger charge is 2.31. The molecule has 0 radical (unpaired) electrons. The number of thiophene rings is 1. The van der Waals surface area contributed by atoms with Crippen LogP contribution in [0.1, 0.15) is 42.2 Å². The van der Waals surface area contributed by atoms with E-state index in [4.69, 9.17) is 26.1 Å². The fourth-order valence-corrected chi connectivity index (χ4v) is 6.36. The van der Waals surface area contributed by atoms with Gasteiger partial charge in [-0.15, -0.1) is 11.3 Å². The van der Waals surface area contributed by atoms with Crippen molar-refractivity contribution in [2.75, 3.05) is 27.3 Å². The van der Waals surface area contributed by atoms with Crippen molar-refractivity contribution in [1.29, 1.82) is 0 Å². The third kappa shape index (κ3) is 5.23. The molecule has 1 aliphatic heterocycles. The minimum atomic E-state index is -0.428. The van der Waals surface area contributed by atoms with Gasteiger partial charge in [0.25, 0.3) is 0 Å². The van der Waals surface area contributed by atoms with Gasteiger partial charge in [0.1, 0.15) is 23.9 Å². The lowest BCUT2D eigenvalue weighted by molar-refractivity contribution is 0.0603. The van der Waals surface area contributed by atoms with E-state index in [1.165, 1.54) is 18.4 Å². The number of amidine groups is 1. The number of aliphatic imine (C=N–C) groups is 1. The van der Waals surface area contributed by atoms with E-state index in [9.17, 15) is 9.59 Å². The van der Waals surface area contributed by atoms with E-state index >= 15 is 0 Å². The average Bonchev–Trinajstić information content (AvgIpc) is 3.36. The molecular formula is C29H29ClN4O4S. The van der Waals surface area contributed by atoms with Gasteiger partial charge in [-0.05, 0) is 64.4 Å². The van der Waals surface area contributed by atoms with Crippen LogP contribution in [-0.4, -0.2) is 61.0 Å². The molecule has 1 aromatic carbocycles. The van der Waals surface area contributed by atoms with E-state index < -0.39 is 5.97 Å². The second-order valence-electron chi connectivity index (χ2n) is 9.53. The van der Waals surface area contributed by atoms with E-state index in [-0.39, 0.29) is 0 Å². The van der Waals surface area contributed by atoms with Crippen LogP contribution in [0.3, 0.4) is 0 Å². The molecule has 8 nitrogen and oxygen atoms in total. The molecule has 0 saturated carbocycles. The number of carbonyl (C=O) groups is 1. The molecule has 202 valence electrons. The maximum Gasteiger partial charge on any atom is 0.340 e. The number of methoxy groups -OCH3 is 1. The first kappa shape index (κ1) is 27.1. The van der Waals surface area contributed by atoms with E-state index in [1.54, 1.807) is 11.4 Å². The number of pyridine rings is 1. The smallest absolute Gasteiger partial charge is 0.340 e. The number of benzene rings is 1. The normalized spacial score (nSPS) is 17.2. The van der Waals surface area contributed by atoms with E-state index in [1.807, 2.05) is 44.0 Å². The summed E-state index contributed by atoms with van der Waals surface area (Å²) in [7, 11) is 3.30. The molecule has 0 amide bonds. The highest BCUT2D eigenvalue weighted by molar-refractivity contribution is 7.18. The fourth-order valence-electron chi connectivity index (χ4n) is 5.18. The Morgan fingerprint density at radius 2 is 2.10 bits per heavy atom. The Kier molecular flexibility index (Phi) is 7.86. The van der Waals surface area contributed by atoms with Crippen LogP contribution in [0.2, 0.25) is 5.02 Å². The second kappa shape index (κ2) is 11.3. The molecule has 0 spiro atoms. The Morgan fingerprint density at radius 1 is 1.28 bits per heavy atom. The van der Waals surface area contributed by atoms with Crippen LogP contribution < -0.4 is 10.1 Å². The Balaban J connectivity index is 1.42. The number of rotatable bonds is 7. The number of nitrogens with zero attached hydrogens (tertiary/aromatic N) is 3. The number of hydrogen-bond donors (Lipinski definition) is 1. The third-order valence-corrected chi connectivity index (χ3v) is 8.37. The highest BCUT2D eigenvalue weighted by atomic mass is 35.5. The van der Waals surface area contributed by atoms with Crippen LogP contribution in [0.25, 0.3) is 21.3 Å². The van der Waals surface area contributed by atoms with Crippen molar-refractivity contribution in [3.63, 3.8) is 0 Å². The summed E-state index contributed by atoms with van der Waals surface area (Å²) in [5, 5.41) is 5.64. The number of nitrogens with one attached hydrogen (secondary N) is 1. The predicted molar refractivity (Wildman–Crippen MR) is 154 cm³/mol. The summed E-state index contributed by atoms with van der Waals surface area (Å²) in [5.41, 5.74) is 5.91. The topological polar surface area (TPSA) is 93.1 Å². The molecule has 5 rings (SSSR count). The number of carbonyl (C=O) groups excluding carboxylic acids is 2. The molecule has 3 heterocycles. The van der Waals surface area contributed by atoms with Gasteiger partial charge in [-0.2, -0.15) is 0 Å². The van der Waals surface area contributed by atoms with Crippen molar-refractivity contribution in [3.8, 4) is 16.9 Å². The molecule has 0 saturated heterocycles. The zero-order valence-electron chi connectivity index (χ0n) is 22.3. The lowest BCUT2D eigenvalue weighted by atomic mass is 9.89. The van der Waals surface area contributed by atoms with Crippen LogP contribution >= 0.6 is 22.9 Å². The molecule has 1 N–H and O–H groups in total. The minimum absolute atomic E-state index is 0.301. The molecule has 10 heteroatoms. The van der Waals surface area contributed by atoms with E-state index in [0.717, 1.165) is 57.9 Å². The van der Waals surface area contributed by atoms with Crippen molar-refractivity contribution in [2.45, 2.75) is 39.2 Å². The number of allylic oxidation sites excluding steroid dienone is 2. The summed E-state index contributed by atoms with van der Waals surface area (Å²) in [5.74, 6) is 3.14. The number of ether oxygens (including phenoxy) is 2. The number of aryl methyl sites for hydroxylation is 1. The first-order valence-corrected chi connectivity index (χ1v) is 14.0. The first-order chi connectivity index (χ1) is 18.8. The maximum atomic E-state index is 12.3. The largest absolute Gasteiger partial charge is 0.491 e. The highest BCUT2D eigenvalue weighted by Crippen LogP contribution is 2.41. The van der Waals surface area contributed by atoms with Gasteiger partial charge in [-0.25, -0.2) is 14.6 Å². The quantitative estimate of drug-likeness (QED) is 0.296. The summed E-state index contributed by atoms with van der Waals surface area (Å²) in [6.07, 6.45) is 2.58. The number of hydrogen-bond acceptors (Lipinski definition) is 9. The van der Waals surface area contributed by atoms with E-state index in [2.05, 4.69) is 16.2 Å². The monoisotopic (exact) mass is 564 g/mol. The van der Waals surface area contributed by atoms with Crippen molar-refractivity contribution < 1.29 is 19.1 Å². The number of fused-ring (bicyclic) bond motifs is 1. The van der Waals surface area contributed by atoms with Crippen molar-refractivity contribution in [2.24, 2.45) is 4.99 Å². The van der Waals surface area contributed by atoms with Gasteiger partial charge >= 0.3 is 5.97 Å². The molecule has 2 aromatic heterocycles. The van der Waals surface area contributed by atoms with Gasteiger partial charge < -0.3 is 19.7 Å². The molecule has 1 aliphatic carbocycles. The predicted octanol–water partition coefficient (Wildman–Crippen LogP) is 5.57. The van der Waals surface area contributed by atoms with Gasteiger partial charge in [0.2, 0.25) is 0 Å². The first-order valence-electron chi connectivity index (χ1n) is 12.7. The Bertz CT molecular complexity index is 1570. The van der Waals surface area contributed by atoms with Crippen LogP contribution in [-0.2, 0) is 9.53 Å². The van der Waals surface area contributed by atoms with Crippen LogP contribution in [0.15, 0.2) is 51.6 Å². The number of aromatic nitrogens is 1. The van der Waals surface area contributed by atoms with E-state index in [0.29, 0.717) is 46.7 Å². The zero-order valence-corrected chi connectivity index (χ0v) is 23.8. The molecule has 1 unspecified atom stereocenters. The number of halogens is 1. The molecule has 0 fully saturated rings. The van der Waals surface area contributed by atoms with Gasteiger partial charge in [-0.3, -0.25) is 4.98 Å². The summed E-state index contributed by atoms with van der Waals surface area (Å²) in [6, 6.07) is 7.74. The second-order valence-corrected chi connectivity index (χ2v) is 10.8. The lowest BCUT2D eigenvalue weighted by Gasteiger charge is -2.35. The molecule has 39 heavy (non-hydrogen) atoms. The summed E-state index contributed by atoms with van der Waals surface area (Å²) >= 11 is 7.84. The molecule has 1 atom stereocenters. The fraction of sp³-hybridized carbons (Fsp3) is 0.345. The SMILES string of the molecule is CNC1CCC2=C(C1)C(=C=O)N(CCOc1ccc(Cl)cc1-c1cc(C)nc3c(C(=O)OC)csc13)C(C)=N2.